The van der Waals surface area contributed by atoms with E-state index in [9.17, 15) is 14.4 Å². The first-order chi connectivity index (χ1) is 19.3. The summed E-state index contributed by atoms with van der Waals surface area (Å²) < 4.78 is 5.52. The lowest BCUT2D eigenvalue weighted by molar-refractivity contribution is -0.142. The second-order valence-corrected chi connectivity index (χ2v) is 12.1. The van der Waals surface area contributed by atoms with Crippen LogP contribution in [-0.4, -0.2) is 41.0 Å². The number of carbonyl (C=O) groups excluding carboxylic acids is 3. The van der Waals surface area contributed by atoms with Crippen molar-refractivity contribution in [2.45, 2.75) is 112 Å². The van der Waals surface area contributed by atoms with E-state index >= 15 is 0 Å². The summed E-state index contributed by atoms with van der Waals surface area (Å²) in [6.07, 6.45) is 3.80. The standard InChI is InChI=1S/C34H51N3O4/c1-10-12-13-16-22-37(32(39)29(23(3)11-2)36-33(40)41-34(7,8)9)30(27-21-15-14-18-24(27)4)31(38)35-28-25(5)19-17-20-26(28)6/h14-15,17-21,23,29-30H,10-13,16,22H2,1-9H3,(H,35,38)(H,36,40). The van der Waals surface area contributed by atoms with Gasteiger partial charge in [0.25, 0.3) is 5.91 Å². The van der Waals surface area contributed by atoms with Crippen LogP contribution in [0.25, 0.3) is 0 Å². The molecule has 41 heavy (non-hydrogen) atoms. The van der Waals surface area contributed by atoms with Crippen LogP contribution in [-0.2, 0) is 14.3 Å². The number of rotatable bonds is 13. The van der Waals surface area contributed by atoms with E-state index in [1.54, 1.807) is 25.7 Å². The number of ether oxygens (including phenoxy) is 1. The molecule has 0 radical (unpaired) electrons. The molecule has 0 bridgehead atoms. The number of carbonyl (C=O) groups is 3. The highest BCUT2D eigenvalue weighted by Crippen LogP contribution is 2.30. The summed E-state index contributed by atoms with van der Waals surface area (Å²) in [4.78, 5) is 43.3. The maximum absolute atomic E-state index is 14.5. The molecule has 3 unspecified atom stereocenters. The Bertz CT molecular complexity index is 1150. The zero-order valence-corrected chi connectivity index (χ0v) is 26.6. The molecule has 0 fully saturated rings. The van der Waals surface area contributed by atoms with Crippen molar-refractivity contribution >= 4 is 23.6 Å². The fourth-order valence-electron chi connectivity index (χ4n) is 4.92. The lowest BCUT2D eigenvalue weighted by Gasteiger charge is -2.36. The van der Waals surface area contributed by atoms with Crippen molar-refractivity contribution in [1.29, 1.82) is 0 Å². The van der Waals surface area contributed by atoms with Crippen molar-refractivity contribution < 1.29 is 19.1 Å². The van der Waals surface area contributed by atoms with Gasteiger partial charge >= 0.3 is 6.09 Å². The summed E-state index contributed by atoms with van der Waals surface area (Å²) in [7, 11) is 0. The van der Waals surface area contributed by atoms with Crippen LogP contribution in [0.2, 0.25) is 0 Å². The number of nitrogens with one attached hydrogen (secondary N) is 2. The molecule has 2 aromatic carbocycles. The third kappa shape index (κ3) is 9.91. The monoisotopic (exact) mass is 565 g/mol. The number of hydrogen-bond acceptors (Lipinski definition) is 4. The summed E-state index contributed by atoms with van der Waals surface area (Å²) in [5, 5.41) is 6.00. The molecule has 226 valence electrons. The van der Waals surface area contributed by atoms with Crippen molar-refractivity contribution in [2.24, 2.45) is 5.92 Å². The Hall–Kier alpha value is -3.35. The summed E-state index contributed by atoms with van der Waals surface area (Å²) in [5.41, 5.74) is 3.63. The summed E-state index contributed by atoms with van der Waals surface area (Å²) >= 11 is 0. The SMILES string of the molecule is CCCCCCN(C(=O)C(NC(=O)OC(C)(C)C)C(C)CC)C(C(=O)Nc1c(C)cccc1C)c1ccccc1C. The zero-order chi connectivity index (χ0) is 30.7. The van der Waals surface area contributed by atoms with E-state index in [0.29, 0.717) is 13.0 Å². The fraction of sp³-hybridized carbons (Fsp3) is 0.559. The predicted octanol–water partition coefficient (Wildman–Crippen LogP) is 7.64. The van der Waals surface area contributed by atoms with Crippen LogP contribution in [0.15, 0.2) is 42.5 Å². The Morgan fingerprint density at radius 2 is 1.49 bits per heavy atom. The van der Waals surface area contributed by atoms with Gasteiger partial charge in [0.05, 0.1) is 0 Å². The highest BCUT2D eigenvalue weighted by atomic mass is 16.6. The molecule has 0 spiro atoms. The first-order valence-electron chi connectivity index (χ1n) is 15.0. The molecule has 3 atom stereocenters. The van der Waals surface area contributed by atoms with Crippen LogP contribution in [0.5, 0.6) is 0 Å². The van der Waals surface area contributed by atoms with E-state index in [1.807, 2.05) is 77.1 Å². The van der Waals surface area contributed by atoms with E-state index in [0.717, 1.165) is 53.6 Å². The van der Waals surface area contributed by atoms with Gasteiger partial charge in [0.1, 0.15) is 17.7 Å². The lowest BCUT2D eigenvalue weighted by Crippen LogP contribution is -2.55. The number of aryl methyl sites for hydroxylation is 3. The molecule has 0 aliphatic heterocycles. The number of hydrogen-bond donors (Lipinski definition) is 2. The largest absolute Gasteiger partial charge is 0.444 e. The summed E-state index contributed by atoms with van der Waals surface area (Å²) in [5.74, 6) is -0.736. The lowest BCUT2D eigenvalue weighted by atomic mass is 9.94. The Morgan fingerprint density at radius 1 is 0.878 bits per heavy atom. The quantitative estimate of drug-likeness (QED) is 0.244. The molecule has 0 aromatic heterocycles. The average Bonchev–Trinajstić information content (AvgIpc) is 2.90. The van der Waals surface area contributed by atoms with Gasteiger partial charge in [-0.15, -0.1) is 0 Å². The van der Waals surface area contributed by atoms with E-state index in [1.165, 1.54) is 0 Å². The highest BCUT2D eigenvalue weighted by molar-refractivity contribution is 6.00. The third-order valence-electron chi connectivity index (χ3n) is 7.46. The Labute approximate surface area is 247 Å². The van der Waals surface area contributed by atoms with Gasteiger partial charge in [-0.25, -0.2) is 4.79 Å². The Kier molecular flexibility index (Phi) is 12.9. The minimum atomic E-state index is -0.878. The smallest absolute Gasteiger partial charge is 0.408 e. The van der Waals surface area contributed by atoms with Crippen molar-refractivity contribution in [1.82, 2.24) is 10.2 Å². The Balaban J connectivity index is 2.61. The van der Waals surface area contributed by atoms with Crippen LogP contribution >= 0.6 is 0 Å². The number of alkyl carbamates (subject to hydrolysis) is 1. The molecular formula is C34H51N3O4. The van der Waals surface area contributed by atoms with E-state index < -0.39 is 23.8 Å². The van der Waals surface area contributed by atoms with Gasteiger partial charge in [-0.05, 0) is 76.1 Å². The van der Waals surface area contributed by atoms with E-state index in [-0.39, 0.29) is 17.7 Å². The molecule has 0 saturated heterocycles. The minimum Gasteiger partial charge on any atom is -0.444 e. The van der Waals surface area contributed by atoms with E-state index in [4.69, 9.17) is 4.74 Å². The second kappa shape index (κ2) is 15.6. The molecule has 0 saturated carbocycles. The maximum atomic E-state index is 14.5. The average molecular weight is 566 g/mol. The second-order valence-electron chi connectivity index (χ2n) is 12.1. The Morgan fingerprint density at radius 3 is 2.05 bits per heavy atom. The van der Waals surface area contributed by atoms with Crippen LogP contribution in [0.3, 0.4) is 0 Å². The van der Waals surface area contributed by atoms with Gasteiger partial charge in [0.2, 0.25) is 5.91 Å². The number of nitrogens with zero attached hydrogens (tertiary/aromatic N) is 1. The number of anilines is 1. The van der Waals surface area contributed by atoms with Gasteiger partial charge < -0.3 is 20.3 Å². The first-order valence-corrected chi connectivity index (χ1v) is 15.0. The third-order valence-corrected chi connectivity index (χ3v) is 7.46. The minimum absolute atomic E-state index is 0.174. The zero-order valence-electron chi connectivity index (χ0n) is 26.6. The fourth-order valence-corrected chi connectivity index (χ4v) is 4.92. The number of unbranched alkanes of at least 4 members (excludes halogenated alkanes) is 3. The van der Waals surface area contributed by atoms with Crippen molar-refractivity contribution in [3.8, 4) is 0 Å². The van der Waals surface area contributed by atoms with Gasteiger partial charge in [0, 0.05) is 12.2 Å². The van der Waals surface area contributed by atoms with Gasteiger partial charge in [-0.2, -0.15) is 0 Å². The van der Waals surface area contributed by atoms with Gasteiger partial charge in [-0.3, -0.25) is 9.59 Å². The van der Waals surface area contributed by atoms with Gasteiger partial charge in [-0.1, -0.05) is 88.9 Å². The summed E-state index contributed by atoms with van der Waals surface area (Å²) in [6, 6.07) is 11.9. The van der Waals surface area contributed by atoms with Crippen LogP contribution < -0.4 is 10.6 Å². The van der Waals surface area contributed by atoms with Crippen molar-refractivity contribution in [3.63, 3.8) is 0 Å². The van der Waals surface area contributed by atoms with Crippen molar-refractivity contribution in [3.05, 3.63) is 64.7 Å². The molecule has 0 aliphatic carbocycles. The van der Waals surface area contributed by atoms with Crippen molar-refractivity contribution in [2.75, 3.05) is 11.9 Å². The normalized spacial score (nSPS) is 13.6. The highest BCUT2D eigenvalue weighted by Gasteiger charge is 2.38. The van der Waals surface area contributed by atoms with Crippen LogP contribution in [0.1, 0.15) is 102 Å². The predicted molar refractivity (Wildman–Crippen MR) is 167 cm³/mol. The topological polar surface area (TPSA) is 87.7 Å². The molecule has 7 heteroatoms. The summed E-state index contributed by atoms with van der Waals surface area (Å²) in [6.45, 7) is 17.7. The molecule has 0 heterocycles. The van der Waals surface area contributed by atoms with Crippen LogP contribution in [0, 0.1) is 26.7 Å². The van der Waals surface area contributed by atoms with Crippen LogP contribution in [0.4, 0.5) is 10.5 Å². The molecule has 2 N–H and O–H groups in total. The number of para-hydroxylation sites is 1. The molecule has 2 rings (SSSR count). The maximum Gasteiger partial charge on any atom is 0.408 e. The molecule has 3 amide bonds. The van der Waals surface area contributed by atoms with Gasteiger partial charge in [0.15, 0.2) is 0 Å². The molecular weight excluding hydrogens is 514 g/mol. The first kappa shape index (κ1) is 33.9. The molecule has 2 aromatic rings. The number of benzene rings is 2. The van der Waals surface area contributed by atoms with E-state index in [2.05, 4.69) is 17.6 Å². The molecule has 7 nitrogen and oxygen atoms in total. The molecule has 0 aliphatic rings. The number of amides is 3.